The Bertz CT molecular complexity index is 923. The number of nitrogens with zero attached hydrogens (tertiary/aromatic N) is 3. The summed E-state index contributed by atoms with van der Waals surface area (Å²) in [6.45, 7) is 1.25. The molecule has 3 rings (SSSR count). The third-order valence-corrected chi connectivity index (χ3v) is 4.10. The molecule has 8 nitrogen and oxygen atoms in total. The van der Waals surface area contributed by atoms with E-state index in [1.807, 2.05) is 41.2 Å². The molecule has 0 atom stereocenters. The summed E-state index contributed by atoms with van der Waals surface area (Å²) in [5.41, 5.74) is 2.66. The van der Waals surface area contributed by atoms with Crippen molar-refractivity contribution >= 4 is 23.0 Å². The Hall–Kier alpha value is -3.68. The van der Waals surface area contributed by atoms with E-state index in [1.165, 1.54) is 12.1 Å². The van der Waals surface area contributed by atoms with Crippen LogP contribution < -0.4 is 10.6 Å². The molecule has 1 heterocycles. The predicted molar refractivity (Wildman–Crippen MR) is 107 cm³/mol. The number of carbonyl (C=O) groups excluding carboxylic acids is 1. The normalized spacial score (nSPS) is 10.4. The van der Waals surface area contributed by atoms with E-state index in [0.717, 1.165) is 16.9 Å². The Morgan fingerprint density at radius 1 is 1.11 bits per heavy atom. The first-order valence-electron chi connectivity index (χ1n) is 8.95. The maximum atomic E-state index is 12.1. The number of anilines is 2. The van der Waals surface area contributed by atoms with Crippen LogP contribution in [0.5, 0.6) is 0 Å². The summed E-state index contributed by atoms with van der Waals surface area (Å²) < 4.78 is 1.82. The van der Waals surface area contributed by atoms with Gasteiger partial charge in [-0.25, -0.2) is 0 Å². The van der Waals surface area contributed by atoms with Gasteiger partial charge in [-0.3, -0.25) is 19.6 Å². The molecule has 0 saturated heterocycles. The molecule has 28 heavy (non-hydrogen) atoms. The van der Waals surface area contributed by atoms with E-state index >= 15 is 0 Å². The second-order valence-corrected chi connectivity index (χ2v) is 6.29. The van der Waals surface area contributed by atoms with Crippen LogP contribution in [-0.4, -0.2) is 27.2 Å². The quantitative estimate of drug-likeness (QED) is 0.335. The van der Waals surface area contributed by atoms with Crippen LogP contribution in [-0.2, 0) is 11.3 Å². The average Bonchev–Trinajstić information content (AvgIpc) is 3.19. The van der Waals surface area contributed by atoms with Gasteiger partial charge in [0.15, 0.2) is 0 Å². The molecular formula is C20H21N5O3. The second kappa shape index (κ2) is 9.31. The summed E-state index contributed by atoms with van der Waals surface area (Å²) in [4.78, 5) is 22.3. The first kappa shape index (κ1) is 19.1. The number of carbonyl (C=O) groups is 1. The number of nitro benzene ring substituents is 1. The lowest BCUT2D eigenvalue weighted by Crippen LogP contribution is -2.13. The van der Waals surface area contributed by atoms with Crippen molar-refractivity contribution in [2.24, 2.45) is 0 Å². The van der Waals surface area contributed by atoms with E-state index in [4.69, 9.17) is 0 Å². The molecule has 3 aromatic rings. The van der Waals surface area contributed by atoms with Crippen molar-refractivity contribution < 1.29 is 9.72 Å². The van der Waals surface area contributed by atoms with Gasteiger partial charge in [0.25, 0.3) is 5.69 Å². The van der Waals surface area contributed by atoms with Crippen LogP contribution in [0, 0.1) is 10.1 Å². The topological polar surface area (TPSA) is 102 Å². The Morgan fingerprint density at radius 3 is 2.64 bits per heavy atom. The van der Waals surface area contributed by atoms with Crippen molar-refractivity contribution in [3.8, 4) is 0 Å². The highest BCUT2D eigenvalue weighted by Crippen LogP contribution is 2.16. The Kier molecular flexibility index (Phi) is 6.35. The molecular weight excluding hydrogens is 358 g/mol. The molecule has 0 radical (unpaired) electrons. The average molecular weight is 379 g/mol. The SMILES string of the molecule is O=C(CCCNc1ccc([N+](=O)[O-])cc1)Nc1cccc(Cn2cccn2)c1. The fraction of sp³-hybridized carbons (Fsp3) is 0.200. The van der Waals surface area contributed by atoms with Gasteiger partial charge in [0.05, 0.1) is 11.5 Å². The molecule has 1 aromatic heterocycles. The third kappa shape index (κ3) is 5.66. The molecule has 0 saturated carbocycles. The van der Waals surface area contributed by atoms with Gasteiger partial charge in [-0.05, 0) is 42.3 Å². The number of hydrogen-bond acceptors (Lipinski definition) is 5. The maximum absolute atomic E-state index is 12.1. The van der Waals surface area contributed by atoms with Crippen molar-refractivity contribution in [1.29, 1.82) is 0 Å². The molecule has 0 aliphatic rings. The largest absolute Gasteiger partial charge is 0.385 e. The van der Waals surface area contributed by atoms with E-state index < -0.39 is 4.92 Å². The summed E-state index contributed by atoms with van der Waals surface area (Å²) in [5.74, 6) is -0.0539. The van der Waals surface area contributed by atoms with Crippen LogP contribution in [0.1, 0.15) is 18.4 Å². The lowest BCUT2D eigenvalue weighted by atomic mass is 10.2. The van der Waals surface area contributed by atoms with E-state index in [1.54, 1.807) is 18.3 Å². The molecule has 0 bridgehead atoms. The number of nitro groups is 1. The molecule has 0 spiro atoms. The first-order valence-corrected chi connectivity index (χ1v) is 8.95. The standard InChI is InChI=1S/C20H21N5O3/c26-20(6-2-11-21-17-7-9-19(10-8-17)25(27)28)23-18-5-1-4-16(14-18)15-24-13-3-12-22-24/h1,3-5,7-10,12-14,21H,2,6,11,15H2,(H,23,26). The summed E-state index contributed by atoms with van der Waals surface area (Å²) in [5, 5.41) is 20.9. The molecule has 2 aromatic carbocycles. The Labute approximate surface area is 162 Å². The minimum Gasteiger partial charge on any atom is -0.385 e. The van der Waals surface area contributed by atoms with Gasteiger partial charge in [-0.15, -0.1) is 0 Å². The zero-order valence-electron chi connectivity index (χ0n) is 15.2. The monoisotopic (exact) mass is 379 g/mol. The van der Waals surface area contributed by atoms with Crippen LogP contribution in [0.3, 0.4) is 0 Å². The van der Waals surface area contributed by atoms with Crippen molar-refractivity contribution in [3.63, 3.8) is 0 Å². The number of rotatable bonds is 9. The van der Waals surface area contributed by atoms with Gasteiger partial charge in [0, 0.05) is 48.9 Å². The summed E-state index contributed by atoms with van der Waals surface area (Å²) in [6, 6.07) is 15.8. The molecule has 0 fully saturated rings. The van der Waals surface area contributed by atoms with E-state index in [9.17, 15) is 14.9 Å². The van der Waals surface area contributed by atoms with Crippen molar-refractivity contribution in [2.75, 3.05) is 17.2 Å². The van der Waals surface area contributed by atoms with Gasteiger partial charge in [0.1, 0.15) is 0 Å². The van der Waals surface area contributed by atoms with Crippen LogP contribution in [0.15, 0.2) is 67.0 Å². The lowest BCUT2D eigenvalue weighted by molar-refractivity contribution is -0.384. The van der Waals surface area contributed by atoms with Crippen LogP contribution in [0.2, 0.25) is 0 Å². The highest BCUT2D eigenvalue weighted by atomic mass is 16.6. The first-order chi connectivity index (χ1) is 13.6. The Balaban J connectivity index is 1.41. The minimum absolute atomic E-state index is 0.0539. The molecule has 1 amide bonds. The maximum Gasteiger partial charge on any atom is 0.269 e. The molecule has 0 unspecified atom stereocenters. The second-order valence-electron chi connectivity index (χ2n) is 6.29. The summed E-state index contributed by atoms with van der Waals surface area (Å²) >= 11 is 0. The zero-order valence-corrected chi connectivity index (χ0v) is 15.2. The van der Waals surface area contributed by atoms with E-state index in [0.29, 0.717) is 25.9 Å². The predicted octanol–water partition coefficient (Wildman–Crippen LogP) is 3.67. The zero-order chi connectivity index (χ0) is 19.8. The van der Waals surface area contributed by atoms with Gasteiger partial charge >= 0.3 is 0 Å². The van der Waals surface area contributed by atoms with Crippen LogP contribution in [0.25, 0.3) is 0 Å². The van der Waals surface area contributed by atoms with Crippen molar-refractivity contribution in [1.82, 2.24) is 9.78 Å². The van der Waals surface area contributed by atoms with Crippen molar-refractivity contribution in [2.45, 2.75) is 19.4 Å². The molecule has 144 valence electrons. The van der Waals surface area contributed by atoms with Crippen LogP contribution >= 0.6 is 0 Å². The number of amides is 1. The third-order valence-electron chi connectivity index (χ3n) is 4.10. The van der Waals surface area contributed by atoms with Crippen molar-refractivity contribution in [3.05, 3.63) is 82.7 Å². The summed E-state index contributed by atoms with van der Waals surface area (Å²) in [6.07, 6.45) is 4.65. The highest BCUT2D eigenvalue weighted by Gasteiger charge is 2.05. The van der Waals surface area contributed by atoms with E-state index in [2.05, 4.69) is 15.7 Å². The summed E-state index contributed by atoms with van der Waals surface area (Å²) in [7, 11) is 0. The molecule has 0 aliphatic carbocycles. The molecule has 8 heteroatoms. The number of non-ortho nitro benzene ring substituents is 1. The highest BCUT2D eigenvalue weighted by molar-refractivity contribution is 5.90. The minimum atomic E-state index is -0.432. The van der Waals surface area contributed by atoms with Gasteiger partial charge in [-0.1, -0.05) is 12.1 Å². The number of nitrogens with one attached hydrogen (secondary N) is 2. The molecule has 0 aliphatic heterocycles. The fourth-order valence-electron chi connectivity index (χ4n) is 2.73. The van der Waals surface area contributed by atoms with Crippen LogP contribution in [0.4, 0.5) is 17.1 Å². The Morgan fingerprint density at radius 2 is 1.93 bits per heavy atom. The van der Waals surface area contributed by atoms with Gasteiger partial charge < -0.3 is 10.6 Å². The number of hydrogen-bond donors (Lipinski definition) is 2. The number of benzene rings is 2. The molecule has 2 N–H and O–H groups in total. The van der Waals surface area contributed by atoms with Gasteiger partial charge in [0.2, 0.25) is 5.91 Å². The smallest absolute Gasteiger partial charge is 0.269 e. The lowest BCUT2D eigenvalue weighted by Gasteiger charge is -2.09. The van der Waals surface area contributed by atoms with E-state index in [-0.39, 0.29) is 11.6 Å². The van der Waals surface area contributed by atoms with Gasteiger partial charge in [-0.2, -0.15) is 5.10 Å². The fourth-order valence-corrected chi connectivity index (χ4v) is 2.73. The number of aromatic nitrogens is 2.